The van der Waals surface area contributed by atoms with Gasteiger partial charge in [0.1, 0.15) is 0 Å². The van der Waals surface area contributed by atoms with Crippen molar-refractivity contribution < 1.29 is 4.92 Å². The molecule has 0 fully saturated rings. The second kappa shape index (κ2) is 6.71. The molecule has 1 unspecified atom stereocenters. The molecule has 0 radical (unpaired) electrons. The van der Waals surface area contributed by atoms with Gasteiger partial charge in [0, 0.05) is 22.1 Å². The van der Waals surface area contributed by atoms with E-state index in [9.17, 15) is 10.1 Å². The maximum absolute atomic E-state index is 10.9. The first-order valence-electron chi connectivity index (χ1n) is 5.70. The molecule has 4 nitrogen and oxygen atoms in total. The monoisotopic (exact) mass is 300 g/mol. The topological polar surface area (TPSA) is 55.2 Å². The largest absolute Gasteiger partial charge is 0.314 e. The molecule has 1 N–H and O–H groups in total. The van der Waals surface area contributed by atoms with Crippen LogP contribution in [0.5, 0.6) is 0 Å². The van der Waals surface area contributed by atoms with Gasteiger partial charge in [0.2, 0.25) is 0 Å². The summed E-state index contributed by atoms with van der Waals surface area (Å²) in [6.07, 6.45) is 1.73. The van der Waals surface area contributed by atoms with Crippen molar-refractivity contribution >= 4 is 21.6 Å². The Hall–Kier alpha value is -0.940. The second-order valence-electron chi connectivity index (χ2n) is 4.09. The van der Waals surface area contributed by atoms with Gasteiger partial charge >= 0.3 is 0 Å². The molecule has 5 heteroatoms. The molecule has 0 saturated heterocycles. The van der Waals surface area contributed by atoms with Crippen LogP contribution in [0.2, 0.25) is 0 Å². The van der Waals surface area contributed by atoms with Crippen LogP contribution in [0.15, 0.2) is 22.7 Å². The zero-order chi connectivity index (χ0) is 12.8. The number of nitro groups is 1. The van der Waals surface area contributed by atoms with Crippen LogP contribution in [-0.4, -0.2) is 17.5 Å². The first-order valence-corrected chi connectivity index (χ1v) is 6.50. The Morgan fingerprint density at radius 3 is 2.82 bits per heavy atom. The van der Waals surface area contributed by atoms with Gasteiger partial charge in [-0.1, -0.05) is 28.9 Å². The van der Waals surface area contributed by atoms with E-state index in [1.165, 1.54) is 0 Å². The number of hydrogen-bond acceptors (Lipinski definition) is 3. The summed E-state index contributed by atoms with van der Waals surface area (Å²) < 4.78 is 0.738. The quantitative estimate of drug-likeness (QED) is 0.648. The fourth-order valence-electron chi connectivity index (χ4n) is 1.67. The van der Waals surface area contributed by atoms with Crippen LogP contribution < -0.4 is 5.32 Å². The Labute approximate surface area is 110 Å². The van der Waals surface area contributed by atoms with Crippen molar-refractivity contribution in [3.8, 4) is 0 Å². The van der Waals surface area contributed by atoms with E-state index < -0.39 is 0 Å². The molecule has 1 rings (SSSR count). The molecular formula is C12H17BrN2O2. The SMILES string of the molecule is CCCNC(C)Cc1ccc(Br)cc1[N+](=O)[O-]. The zero-order valence-electron chi connectivity index (χ0n) is 10.1. The minimum atomic E-state index is -0.327. The lowest BCUT2D eigenvalue weighted by molar-refractivity contribution is -0.385. The Morgan fingerprint density at radius 1 is 1.53 bits per heavy atom. The fourth-order valence-corrected chi connectivity index (χ4v) is 2.02. The Kier molecular flexibility index (Phi) is 5.58. The maximum atomic E-state index is 10.9. The number of rotatable bonds is 6. The highest BCUT2D eigenvalue weighted by atomic mass is 79.9. The summed E-state index contributed by atoms with van der Waals surface area (Å²) in [4.78, 5) is 10.6. The first-order chi connectivity index (χ1) is 8.04. The Morgan fingerprint density at radius 2 is 2.24 bits per heavy atom. The van der Waals surface area contributed by atoms with E-state index in [2.05, 4.69) is 28.2 Å². The van der Waals surface area contributed by atoms with Crippen molar-refractivity contribution in [2.45, 2.75) is 32.7 Å². The van der Waals surface area contributed by atoms with Crippen molar-refractivity contribution in [2.75, 3.05) is 6.54 Å². The summed E-state index contributed by atoms with van der Waals surface area (Å²) in [5.41, 5.74) is 0.957. The maximum Gasteiger partial charge on any atom is 0.273 e. The van der Waals surface area contributed by atoms with Crippen LogP contribution >= 0.6 is 15.9 Å². The van der Waals surface area contributed by atoms with Crippen molar-refractivity contribution in [2.24, 2.45) is 0 Å². The molecule has 94 valence electrons. The number of nitrogens with zero attached hydrogens (tertiary/aromatic N) is 1. The summed E-state index contributed by atoms with van der Waals surface area (Å²) in [6, 6.07) is 5.46. The average molecular weight is 301 g/mol. The lowest BCUT2D eigenvalue weighted by Gasteiger charge is -2.13. The van der Waals surface area contributed by atoms with Gasteiger partial charge < -0.3 is 5.32 Å². The normalized spacial score (nSPS) is 12.4. The summed E-state index contributed by atoms with van der Waals surface area (Å²) in [5.74, 6) is 0. The molecule has 0 spiro atoms. The number of nitro benzene ring substituents is 1. The van der Waals surface area contributed by atoms with Gasteiger partial charge in [-0.05, 0) is 32.4 Å². The molecule has 0 aliphatic carbocycles. The number of benzene rings is 1. The lowest BCUT2D eigenvalue weighted by atomic mass is 10.1. The molecule has 0 aromatic heterocycles. The van der Waals surface area contributed by atoms with E-state index in [1.54, 1.807) is 6.07 Å². The predicted octanol–water partition coefficient (Wildman–Crippen LogP) is 3.29. The van der Waals surface area contributed by atoms with Crippen LogP contribution in [0.25, 0.3) is 0 Å². The van der Waals surface area contributed by atoms with Gasteiger partial charge in [-0.25, -0.2) is 0 Å². The van der Waals surface area contributed by atoms with E-state index in [4.69, 9.17) is 0 Å². The van der Waals surface area contributed by atoms with Gasteiger partial charge in [-0.3, -0.25) is 10.1 Å². The molecule has 1 atom stereocenters. The average Bonchev–Trinajstić information content (AvgIpc) is 2.28. The van der Waals surface area contributed by atoms with Crippen LogP contribution in [0.1, 0.15) is 25.8 Å². The molecule has 0 saturated carbocycles. The number of nitrogens with one attached hydrogen (secondary N) is 1. The van der Waals surface area contributed by atoms with E-state index in [1.807, 2.05) is 19.1 Å². The van der Waals surface area contributed by atoms with Crippen LogP contribution in [0.4, 0.5) is 5.69 Å². The summed E-state index contributed by atoms with van der Waals surface area (Å²) in [7, 11) is 0. The smallest absolute Gasteiger partial charge is 0.273 e. The van der Waals surface area contributed by atoms with Crippen molar-refractivity contribution in [3.63, 3.8) is 0 Å². The van der Waals surface area contributed by atoms with Crippen LogP contribution in [0.3, 0.4) is 0 Å². The van der Waals surface area contributed by atoms with Gasteiger partial charge in [0.15, 0.2) is 0 Å². The molecule has 0 heterocycles. The zero-order valence-corrected chi connectivity index (χ0v) is 11.7. The first kappa shape index (κ1) is 14.1. The van der Waals surface area contributed by atoms with E-state index in [-0.39, 0.29) is 16.7 Å². The van der Waals surface area contributed by atoms with Gasteiger partial charge in [0.05, 0.1) is 4.92 Å². The van der Waals surface area contributed by atoms with E-state index in [0.29, 0.717) is 6.42 Å². The minimum Gasteiger partial charge on any atom is -0.314 e. The van der Waals surface area contributed by atoms with Gasteiger partial charge in [-0.15, -0.1) is 0 Å². The predicted molar refractivity (Wildman–Crippen MR) is 72.3 cm³/mol. The second-order valence-corrected chi connectivity index (χ2v) is 5.01. The summed E-state index contributed by atoms with van der Waals surface area (Å²) >= 11 is 3.25. The van der Waals surface area contributed by atoms with Gasteiger partial charge in [-0.2, -0.15) is 0 Å². The minimum absolute atomic E-state index is 0.185. The molecule has 0 amide bonds. The molecular weight excluding hydrogens is 284 g/mol. The fraction of sp³-hybridized carbons (Fsp3) is 0.500. The Bertz CT molecular complexity index is 396. The van der Waals surface area contributed by atoms with Crippen LogP contribution in [0, 0.1) is 10.1 Å². The summed E-state index contributed by atoms with van der Waals surface area (Å²) in [6.45, 7) is 5.08. The van der Waals surface area contributed by atoms with Gasteiger partial charge in [0.25, 0.3) is 5.69 Å². The van der Waals surface area contributed by atoms with Crippen LogP contribution in [-0.2, 0) is 6.42 Å². The highest BCUT2D eigenvalue weighted by molar-refractivity contribution is 9.10. The number of hydrogen-bond donors (Lipinski definition) is 1. The lowest BCUT2D eigenvalue weighted by Crippen LogP contribution is -2.28. The molecule has 1 aromatic rings. The molecule has 0 bridgehead atoms. The molecule has 0 aliphatic heterocycles. The molecule has 0 aliphatic rings. The van der Waals surface area contributed by atoms with E-state index >= 15 is 0 Å². The van der Waals surface area contributed by atoms with Crippen molar-refractivity contribution in [3.05, 3.63) is 38.3 Å². The van der Waals surface area contributed by atoms with E-state index in [0.717, 1.165) is 23.0 Å². The van der Waals surface area contributed by atoms with Crippen molar-refractivity contribution in [1.82, 2.24) is 5.32 Å². The third-order valence-corrected chi connectivity index (χ3v) is 3.01. The highest BCUT2D eigenvalue weighted by Crippen LogP contribution is 2.24. The Balaban J connectivity index is 2.79. The molecule has 1 aromatic carbocycles. The third kappa shape index (κ3) is 4.44. The van der Waals surface area contributed by atoms with Crippen molar-refractivity contribution in [1.29, 1.82) is 0 Å². The third-order valence-electron chi connectivity index (χ3n) is 2.51. The molecule has 17 heavy (non-hydrogen) atoms. The highest BCUT2D eigenvalue weighted by Gasteiger charge is 2.15. The summed E-state index contributed by atoms with van der Waals surface area (Å²) in [5, 5.41) is 14.3. The number of halogens is 1. The standard InChI is InChI=1S/C12H17BrN2O2/c1-3-6-14-9(2)7-10-4-5-11(13)8-12(10)15(16)17/h4-5,8-9,14H,3,6-7H2,1-2H3.